The first-order valence-electron chi connectivity index (χ1n) is 9.01. The van der Waals surface area contributed by atoms with E-state index in [9.17, 15) is 14.0 Å². The van der Waals surface area contributed by atoms with Gasteiger partial charge in [0.05, 0.1) is 17.1 Å². The number of carbonyl (C=O) groups excluding carboxylic acids is 2. The molecule has 0 spiro atoms. The average Bonchev–Trinajstić information content (AvgIpc) is 3.26. The van der Waals surface area contributed by atoms with E-state index in [1.807, 2.05) is 4.90 Å². The summed E-state index contributed by atoms with van der Waals surface area (Å²) < 4.78 is 13.2. The normalized spacial score (nSPS) is 17.2. The maximum Gasteiger partial charge on any atom is 0.278 e. The summed E-state index contributed by atoms with van der Waals surface area (Å²) in [6.07, 6.45) is 1.93. The Bertz CT molecular complexity index is 982. The number of hydrogen-bond donors (Lipinski definition) is 0. The second-order valence-electron chi connectivity index (χ2n) is 6.86. The molecule has 28 heavy (non-hydrogen) atoms. The van der Waals surface area contributed by atoms with Crippen LogP contribution in [0.4, 0.5) is 4.39 Å². The third-order valence-corrected chi connectivity index (χ3v) is 5.57. The summed E-state index contributed by atoms with van der Waals surface area (Å²) in [7, 11) is 0. The van der Waals surface area contributed by atoms with Gasteiger partial charge < -0.3 is 4.90 Å². The van der Waals surface area contributed by atoms with E-state index in [0.29, 0.717) is 45.5 Å². The van der Waals surface area contributed by atoms with Crippen LogP contribution in [0.5, 0.6) is 0 Å². The molecule has 1 saturated heterocycles. The summed E-state index contributed by atoms with van der Waals surface area (Å²) in [4.78, 5) is 29.6. The molecular weight excluding hydrogens is 402 g/mol. The van der Waals surface area contributed by atoms with Crippen molar-refractivity contribution >= 4 is 40.6 Å². The minimum Gasteiger partial charge on any atom is -0.366 e. The largest absolute Gasteiger partial charge is 0.366 e. The van der Waals surface area contributed by atoms with Crippen molar-refractivity contribution in [2.24, 2.45) is 0 Å². The Kier molecular flexibility index (Phi) is 5.13. The Hall–Kier alpha value is -2.37. The zero-order valence-corrected chi connectivity index (χ0v) is 16.4. The number of benzene rings is 2. The first kappa shape index (κ1) is 19.0. The predicted octanol–water partition coefficient (Wildman–Crippen LogP) is 4.51. The Balaban J connectivity index is 1.76. The van der Waals surface area contributed by atoms with Crippen LogP contribution in [-0.2, 0) is 16.1 Å². The fraction of sp³-hybridized carbons (Fsp3) is 0.238. The van der Waals surface area contributed by atoms with E-state index < -0.39 is 5.91 Å². The summed E-state index contributed by atoms with van der Waals surface area (Å²) in [6.45, 7) is 1.50. The van der Waals surface area contributed by atoms with E-state index in [-0.39, 0.29) is 18.3 Å². The highest BCUT2D eigenvalue weighted by molar-refractivity contribution is 6.41. The van der Waals surface area contributed by atoms with Crippen LogP contribution in [0.25, 0.3) is 5.57 Å². The standard InChI is InChI=1S/C21H17Cl2FN2O2/c22-14-5-8-16(17(23)11-14)18-19(25-9-1-2-10-25)21(28)26(20(18)27)12-13-3-6-15(24)7-4-13/h3-8,11H,1-2,9-10,12H2. The Labute approximate surface area is 172 Å². The van der Waals surface area contributed by atoms with Gasteiger partial charge in [-0.05, 0) is 42.7 Å². The zero-order chi connectivity index (χ0) is 19.8. The van der Waals surface area contributed by atoms with Crippen LogP contribution in [-0.4, -0.2) is 34.7 Å². The Morgan fingerprint density at radius 1 is 0.929 bits per heavy atom. The number of imide groups is 1. The molecule has 0 atom stereocenters. The molecule has 0 radical (unpaired) electrons. The highest BCUT2D eigenvalue weighted by atomic mass is 35.5. The van der Waals surface area contributed by atoms with Crippen molar-refractivity contribution < 1.29 is 14.0 Å². The summed E-state index contributed by atoms with van der Waals surface area (Å²) in [5.74, 6) is -1.12. The number of likely N-dealkylation sites (tertiary alicyclic amines) is 1. The lowest BCUT2D eigenvalue weighted by atomic mass is 10.0. The minimum absolute atomic E-state index is 0.0734. The maximum atomic E-state index is 13.2. The number of hydrogen-bond acceptors (Lipinski definition) is 3. The molecule has 0 aliphatic carbocycles. The highest BCUT2D eigenvalue weighted by Gasteiger charge is 2.42. The summed E-state index contributed by atoms with van der Waals surface area (Å²) in [5, 5.41) is 0.779. The highest BCUT2D eigenvalue weighted by Crippen LogP contribution is 2.37. The monoisotopic (exact) mass is 418 g/mol. The molecule has 1 fully saturated rings. The number of halogens is 3. The maximum absolute atomic E-state index is 13.2. The molecule has 4 nitrogen and oxygen atoms in total. The van der Waals surface area contributed by atoms with Crippen LogP contribution in [0, 0.1) is 5.82 Å². The van der Waals surface area contributed by atoms with Gasteiger partial charge in [0.15, 0.2) is 0 Å². The van der Waals surface area contributed by atoms with Gasteiger partial charge in [0.25, 0.3) is 11.8 Å². The molecule has 7 heteroatoms. The van der Waals surface area contributed by atoms with Gasteiger partial charge in [0, 0.05) is 23.7 Å². The topological polar surface area (TPSA) is 40.6 Å². The molecule has 2 amide bonds. The lowest BCUT2D eigenvalue weighted by Crippen LogP contribution is -2.34. The van der Waals surface area contributed by atoms with Crippen molar-refractivity contribution in [3.05, 3.63) is 75.2 Å². The Morgan fingerprint density at radius 3 is 2.25 bits per heavy atom. The van der Waals surface area contributed by atoms with Crippen LogP contribution in [0.15, 0.2) is 48.2 Å². The number of carbonyl (C=O) groups is 2. The molecular formula is C21H17Cl2FN2O2. The molecule has 0 bridgehead atoms. The van der Waals surface area contributed by atoms with Crippen LogP contribution >= 0.6 is 23.2 Å². The van der Waals surface area contributed by atoms with Gasteiger partial charge in [-0.15, -0.1) is 0 Å². The molecule has 2 aliphatic rings. The van der Waals surface area contributed by atoms with E-state index in [1.165, 1.54) is 17.0 Å². The van der Waals surface area contributed by atoms with Crippen molar-refractivity contribution in [1.29, 1.82) is 0 Å². The van der Waals surface area contributed by atoms with Crippen molar-refractivity contribution in [2.45, 2.75) is 19.4 Å². The van der Waals surface area contributed by atoms with Gasteiger partial charge >= 0.3 is 0 Å². The molecule has 2 aromatic carbocycles. The van der Waals surface area contributed by atoms with Gasteiger partial charge in [0.2, 0.25) is 0 Å². The quantitative estimate of drug-likeness (QED) is 0.685. The molecule has 2 heterocycles. The van der Waals surface area contributed by atoms with E-state index in [2.05, 4.69) is 0 Å². The molecule has 0 saturated carbocycles. The first-order valence-corrected chi connectivity index (χ1v) is 9.76. The average molecular weight is 419 g/mol. The van der Waals surface area contributed by atoms with E-state index in [4.69, 9.17) is 23.2 Å². The van der Waals surface area contributed by atoms with Gasteiger partial charge in [-0.1, -0.05) is 41.4 Å². The molecule has 0 aromatic heterocycles. The second-order valence-corrected chi connectivity index (χ2v) is 7.71. The summed E-state index contributed by atoms with van der Waals surface area (Å²) in [6, 6.07) is 10.6. The van der Waals surface area contributed by atoms with E-state index in [1.54, 1.807) is 30.3 Å². The number of rotatable bonds is 4. The smallest absolute Gasteiger partial charge is 0.278 e. The zero-order valence-electron chi connectivity index (χ0n) is 14.9. The summed E-state index contributed by atoms with van der Waals surface area (Å²) >= 11 is 12.4. The lowest BCUT2D eigenvalue weighted by Gasteiger charge is -2.20. The summed E-state index contributed by atoms with van der Waals surface area (Å²) in [5.41, 5.74) is 1.85. The second kappa shape index (κ2) is 7.57. The molecule has 144 valence electrons. The molecule has 0 N–H and O–H groups in total. The minimum atomic E-state index is -0.402. The third kappa shape index (κ3) is 3.40. The predicted molar refractivity (Wildman–Crippen MR) is 106 cm³/mol. The van der Waals surface area contributed by atoms with Gasteiger partial charge in [-0.3, -0.25) is 14.5 Å². The van der Waals surface area contributed by atoms with Crippen molar-refractivity contribution in [2.75, 3.05) is 13.1 Å². The van der Waals surface area contributed by atoms with Crippen molar-refractivity contribution in [1.82, 2.24) is 9.80 Å². The van der Waals surface area contributed by atoms with Crippen LogP contribution in [0.2, 0.25) is 10.0 Å². The number of amides is 2. The SMILES string of the molecule is O=C1C(c2ccc(Cl)cc2Cl)=C(N2CCCC2)C(=O)N1Cc1ccc(F)cc1. The molecule has 4 rings (SSSR count). The third-order valence-electron chi connectivity index (χ3n) is 5.02. The first-order chi connectivity index (χ1) is 13.5. The molecule has 0 unspecified atom stereocenters. The van der Waals surface area contributed by atoms with Crippen LogP contribution in [0.3, 0.4) is 0 Å². The van der Waals surface area contributed by atoms with Gasteiger partial charge in [0.1, 0.15) is 11.5 Å². The van der Waals surface area contributed by atoms with E-state index in [0.717, 1.165) is 12.8 Å². The van der Waals surface area contributed by atoms with Gasteiger partial charge in [-0.25, -0.2) is 4.39 Å². The molecule has 2 aliphatic heterocycles. The van der Waals surface area contributed by atoms with Crippen LogP contribution in [0.1, 0.15) is 24.0 Å². The lowest BCUT2D eigenvalue weighted by molar-refractivity contribution is -0.138. The van der Waals surface area contributed by atoms with Crippen LogP contribution < -0.4 is 0 Å². The Morgan fingerprint density at radius 2 is 1.61 bits per heavy atom. The van der Waals surface area contributed by atoms with E-state index >= 15 is 0 Å². The fourth-order valence-electron chi connectivity index (χ4n) is 3.65. The molecule has 2 aromatic rings. The van der Waals surface area contributed by atoms with Crippen molar-refractivity contribution in [3.8, 4) is 0 Å². The van der Waals surface area contributed by atoms with Crippen molar-refractivity contribution in [3.63, 3.8) is 0 Å². The van der Waals surface area contributed by atoms with Gasteiger partial charge in [-0.2, -0.15) is 0 Å². The number of nitrogens with zero attached hydrogens (tertiary/aromatic N) is 2. The fourth-order valence-corrected chi connectivity index (χ4v) is 4.15.